The Labute approximate surface area is 132 Å². The van der Waals surface area contributed by atoms with E-state index in [9.17, 15) is 0 Å². The summed E-state index contributed by atoms with van der Waals surface area (Å²) < 4.78 is 0. The second-order valence-corrected chi connectivity index (χ2v) is 5.71. The average molecular weight is 284 g/mol. The molecule has 0 fully saturated rings. The van der Waals surface area contributed by atoms with Gasteiger partial charge in [-0.25, -0.2) is 0 Å². The smallest absolute Gasteiger partial charge is 0.00331 e. The van der Waals surface area contributed by atoms with Crippen LogP contribution < -0.4 is 0 Å². The van der Waals surface area contributed by atoms with Gasteiger partial charge in [0, 0.05) is 0 Å². The van der Waals surface area contributed by atoms with Crippen molar-refractivity contribution in [3.63, 3.8) is 0 Å². The van der Waals surface area contributed by atoms with Crippen molar-refractivity contribution in [3.8, 4) is 22.3 Å². The van der Waals surface area contributed by atoms with Crippen molar-refractivity contribution >= 4 is 6.08 Å². The molecule has 0 unspecified atom stereocenters. The topological polar surface area (TPSA) is 0 Å². The van der Waals surface area contributed by atoms with Gasteiger partial charge in [-0.3, -0.25) is 0 Å². The molecule has 0 heteroatoms. The van der Waals surface area contributed by atoms with Gasteiger partial charge in [-0.2, -0.15) is 0 Å². The monoisotopic (exact) mass is 284 g/mol. The molecule has 0 amide bonds. The highest BCUT2D eigenvalue weighted by molar-refractivity contribution is 5.89. The summed E-state index contributed by atoms with van der Waals surface area (Å²) in [7, 11) is 0. The maximum Gasteiger partial charge on any atom is -0.00331 e. The van der Waals surface area contributed by atoms with Crippen LogP contribution in [0.4, 0.5) is 0 Å². The first-order valence-corrected chi connectivity index (χ1v) is 7.58. The molecule has 0 aliphatic rings. The van der Waals surface area contributed by atoms with Crippen molar-refractivity contribution < 1.29 is 0 Å². The fourth-order valence-corrected chi connectivity index (χ4v) is 2.76. The molecule has 3 aromatic carbocycles. The summed E-state index contributed by atoms with van der Waals surface area (Å²) in [5.74, 6) is 0. The molecule has 22 heavy (non-hydrogen) atoms. The Hall–Kier alpha value is -2.60. The van der Waals surface area contributed by atoms with Crippen LogP contribution in [0.2, 0.25) is 0 Å². The summed E-state index contributed by atoms with van der Waals surface area (Å²) >= 11 is 0. The second kappa shape index (κ2) is 6.03. The lowest BCUT2D eigenvalue weighted by Crippen LogP contribution is -1.89. The van der Waals surface area contributed by atoms with Crippen LogP contribution in [-0.4, -0.2) is 0 Å². The molecule has 0 nitrogen and oxygen atoms in total. The lowest BCUT2D eigenvalue weighted by Gasteiger charge is -2.14. The molecular formula is C22H20. The Bertz CT molecular complexity index is 790. The van der Waals surface area contributed by atoms with Gasteiger partial charge in [0.1, 0.15) is 0 Å². The minimum atomic E-state index is 1.17. The number of aryl methyl sites for hydroxylation is 2. The Balaban J connectivity index is 2.24. The van der Waals surface area contributed by atoms with Gasteiger partial charge in [0.15, 0.2) is 0 Å². The molecule has 3 aromatic rings. The van der Waals surface area contributed by atoms with Crippen LogP contribution in [0, 0.1) is 13.8 Å². The van der Waals surface area contributed by atoms with Crippen molar-refractivity contribution in [2.75, 3.05) is 0 Å². The highest BCUT2D eigenvalue weighted by atomic mass is 14.1. The highest BCUT2D eigenvalue weighted by Gasteiger charge is 2.10. The molecule has 0 heterocycles. The van der Waals surface area contributed by atoms with Crippen molar-refractivity contribution in [2.45, 2.75) is 13.8 Å². The third-order valence-electron chi connectivity index (χ3n) is 4.02. The van der Waals surface area contributed by atoms with Crippen LogP contribution in [0.25, 0.3) is 28.3 Å². The standard InChI is InChI=1S/C22H20/c1-4-18-6-5-7-21(19-12-8-16(2)9-13-19)22(18)20-14-10-17(3)11-15-20/h4-15H,1H2,2-3H3. The normalized spacial score (nSPS) is 10.5. The van der Waals surface area contributed by atoms with Gasteiger partial charge in [0.2, 0.25) is 0 Å². The van der Waals surface area contributed by atoms with E-state index >= 15 is 0 Å². The molecule has 0 aliphatic heterocycles. The van der Waals surface area contributed by atoms with Gasteiger partial charge in [0.05, 0.1) is 0 Å². The molecule has 0 atom stereocenters. The van der Waals surface area contributed by atoms with Crippen molar-refractivity contribution in [1.82, 2.24) is 0 Å². The molecule has 0 aliphatic carbocycles. The molecule has 108 valence electrons. The first-order chi connectivity index (χ1) is 10.7. The van der Waals surface area contributed by atoms with Gasteiger partial charge < -0.3 is 0 Å². The first kappa shape index (κ1) is 14.3. The van der Waals surface area contributed by atoms with Gasteiger partial charge in [-0.1, -0.05) is 90.5 Å². The van der Waals surface area contributed by atoms with Crippen molar-refractivity contribution in [1.29, 1.82) is 0 Å². The number of benzene rings is 3. The minimum Gasteiger partial charge on any atom is -0.0984 e. The summed E-state index contributed by atoms with van der Waals surface area (Å²) in [4.78, 5) is 0. The zero-order chi connectivity index (χ0) is 15.5. The van der Waals surface area contributed by atoms with Crippen molar-refractivity contribution in [3.05, 3.63) is 90.0 Å². The molecule has 0 saturated carbocycles. The first-order valence-electron chi connectivity index (χ1n) is 7.58. The van der Waals surface area contributed by atoms with Crippen LogP contribution in [0.1, 0.15) is 16.7 Å². The fraction of sp³-hybridized carbons (Fsp3) is 0.0909. The number of rotatable bonds is 3. The van der Waals surface area contributed by atoms with Crippen LogP contribution in [0.5, 0.6) is 0 Å². The van der Waals surface area contributed by atoms with Gasteiger partial charge in [-0.05, 0) is 41.7 Å². The summed E-state index contributed by atoms with van der Waals surface area (Å²) in [6.07, 6.45) is 1.94. The second-order valence-electron chi connectivity index (χ2n) is 5.71. The van der Waals surface area contributed by atoms with E-state index in [1.807, 2.05) is 6.08 Å². The van der Waals surface area contributed by atoms with E-state index in [2.05, 4.69) is 87.2 Å². The summed E-state index contributed by atoms with van der Waals surface area (Å²) in [6, 6.07) is 23.8. The maximum atomic E-state index is 3.98. The van der Waals surface area contributed by atoms with Gasteiger partial charge in [0.25, 0.3) is 0 Å². The summed E-state index contributed by atoms with van der Waals surface area (Å²) in [6.45, 7) is 8.21. The Morgan fingerprint density at radius 2 is 1.23 bits per heavy atom. The molecule has 0 aromatic heterocycles. The Morgan fingerprint density at radius 3 is 1.77 bits per heavy atom. The predicted octanol–water partition coefficient (Wildman–Crippen LogP) is 6.28. The Morgan fingerprint density at radius 1 is 0.682 bits per heavy atom. The quantitative estimate of drug-likeness (QED) is 0.531. The Kier molecular flexibility index (Phi) is 3.93. The van der Waals surface area contributed by atoms with Gasteiger partial charge >= 0.3 is 0 Å². The fourth-order valence-electron chi connectivity index (χ4n) is 2.76. The lowest BCUT2D eigenvalue weighted by atomic mass is 9.90. The predicted molar refractivity (Wildman–Crippen MR) is 96.9 cm³/mol. The molecule has 0 N–H and O–H groups in total. The van der Waals surface area contributed by atoms with E-state index in [0.717, 1.165) is 0 Å². The third kappa shape index (κ3) is 2.73. The SMILES string of the molecule is C=Cc1cccc(-c2ccc(C)cc2)c1-c1ccc(C)cc1. The highest BCUT2D eigenvalue weighted by Crippen LogP contribution is 2.35. The van der Waals surface area contributed by atoms with Crippen LogP contribution in [0.3, 0.4) is 0 Å². The lowest BCUT2D eigenvalue weighted by molar-refractivity contribution is 1.45. The van der Waals surface area contributed by atoms with E-state index in [1.165, 1.54) is 38.9 Å². The van der Waals surface area contributed by atoms with Crippen LogP contribution in [0.15, 0.2) is 73.3 Å². The van der Waals surface area contributed by atoms with Crippen LogP contribution >= 0.6 is 0 Å². The molecule has 0 saturated heterocycles. The van der Waals surface area contributed by atoms with E-state index < -0.39 is 0 Å². The van der Waals surface area contributed by atoms with E-state index in [4.69, 9.17) is 0 Å². The zero-order valence-corrected chi connectivity index (χ0v) is 13.1. The molecular weight excluding hydrogens is 264 g/mol. The van der Waals surface area contributed by atoms with Crippen LogP contribution in [-0.2, 0) is 0 Å². The molecule has 0 radical (unpaired) electrons. The number of hydrogen-bond donors (Lipinski definition) is 0. The summed E-state index contributed by atoms with van der Waals surface area (Å²) in [5.41, 5.74) is 8.70. The molecule has 3 rings (SSSR count). The molecule has 0 spiro atoms. The van der Waals surface area contributed by atoms with E-state index in [0.29, 0.717) is 0 Å². The third-order valence-corrected chi connectivity index (χ3v) is 4.02. The molecule has 0 bridgehead atoms. The average Bonchev–Trinajstić information content (AvgIpc) is 2.56. The minimum absolute atomic E-state index is 1.17. The van der Waals surface area contributed by atoms with Gasteiger partial charge in [-0.15, -0.1) is 0 Å². The van der Waals surface area contributed by atoms with E-state index in [1.54, 1.807) is 0 Å². The maximum absolute atomic E-state index is 3.98. The van der Waals surface area contributed by atoms with Crippen molar-refractivity contribution in [2.24, 2.45) is 0 Å². The van der Waals surface area contributed by atoms with E-state index in [-0.39, 0.29) is 0 Å². The summed E-state index contributed by atoms with van der Waals surface area (Å²) in [5, 5.41) is 0. The largest absolute Gasteiger partial charge is 0.0984 e. The zero-order valence-electron chi connectivity index (χ0n) is 13.1. The number of hydrogen-bond acceptors (Lipinski definition) is 0.